The SMILES string of the molecule is FC(F)(F)Oc1cc(Br)cc2cc[nH]c12. The highest BCUT2D eigenvalue weighted by atomic mass is 79.9. The van der Waals surface area contributed by atoms with Gasteiger partial charge in [-0.1, -0.05) is 15.9 Å². The van der Waals surface area contributed by atoms with Crippen molar-refractivity contribution < 1.29 is 17.9 Å². The molecule has 6 heteroatoms. The van der Waals surface area contributed by atoms with Crippen LogP contribution in [0.5, 0.6) is 5.75 Å². The molecule has 0 saturated heterocycles. The van der Waals surface area contributed by atoms with Crippen LogP contribution in [-0.4, -0.2) is 11.3 Å². The Balaban J connectivity index is 2.53. The molecular formula is C9H5BrF3NO. The Morgan fingerprint density at radius 1 is 1.27 bits per heavy atom. The van der Waals surface area contributed by atoms with Crippen molar-refractivity contribution in [3.05, 3.63) is 28.9 Å². The molecule has 0 spiro atoms. The number of nitrogens with one attached hydrogen (secondary N) is 1. The van der Waals surface area contributed by atoms with E-state index in [1.165, 1.54) is 6.07 Å². The number of benzene rings is 1. The Bertz CT molecular complexity index is 492. The zero-order chi connectivity index (χ0) is 11.1. The van der Waals surface area contributed by atoms with Gasteiger partial charge in [-0.05, 0) is 18.2 Å². The van der Waals surface area contributed by atoms with E-state index in [1.807, 2.05) is 0 Å². The van der Waals surface area contributed by atoms with Crippen LogP contribution < -0.4 is 4.74 Å². The number of aromatic amines is 1. The van der Waals surface area contributed by atoms with Crippen LogP contribution in [0, 0.1) is 0 Å². The molecule has 2 rings (SSSR count). The first-order chi connectivity index (χ1) is 6.96. The number of fused-ring (bicyclic) bond motifs is 1. The lowest BCUT2D eigenvalue weighted by molar-refractivity contribution is -0.274. The van der Waals surface area contributed by atoms with Gasteiger partial charge in [0.05, 0.1) is 5.52 Å². The molecule has 1 aromatic heterocycles. The third kappa shape index (κ3) is 2.26. The smallest absolute Gasteiger partial charge is 0.403 e. The van der Waals surface area contributed by atoms with Crippen molar-refractivity contribution in [2.75, 3.05) is 0 Å². The standard InChI is InChI=1S/C9H5BrF3NO/c10-6-3-5-1-2-14-8(5)7(4-6)15-9(11,12)13/h1-4,14H. The molecule has 0 aliphatic heterocycles. The Morgan fingerprint density at radius 2 is 2.00 bits per heavy atom. The summed E-state index contributed by atoms with van der Waals surface area (Å²) in [6.07, 6.45) is -3.13. The molecule has 1 heterocycles. The minimum Gasteiger partial charge on any atom is -0.403 e. The fraction of sp³-hybridized carbons (Fsp3) is 0.111. The monoisotopic (exact) mass is 279 g/mol. The molecule has 0 bridgehead atoms. The quantitative estimate of drug-likeness (QED) is 0.843. The van der Waals surface area contributed by atoms with Gasteiger partial charge in [0.15, 0.2) is 5.75 Å². The molecule has 0 unspecified atom stereocenters. The van der Waals surface area contributed by atoms with Crippen LogP contribution in [0.1, 0.15) is 0 Å². The van der Waals surface area contributed by atoms with Crippen LogP contribution in [0.4, 0.5) is 13.2 Å². The molecule has 1 N–H and O–H groups in total. The minimum absolute atomic E-state index is 0.239. The van der Waals surface area contributed by atoms with Crippen molar-refractivity contribution in [2.45, 2.75) is 6.36 Å². The normalized spacial score (nSPS) is 12.0. The van der Waals surface area contributed by atoms with Gasteiger partial charge in [0, 0.05) is 16.1 Å². The molecule has 0 radical (unpaired) electrons. The molecule has 80 valence electrons. The van der Waals surface area contributed by atoms with Gasteiger partial charge < -0.3 is 9.72 Å². The average Bonchev–Trinajstić information content (AvgIpc) is 2.48. The molecule has 0 fully saturated rings. The Kier molecular flexibility index (Phi) is 2.38. The Hall–Kier alpha value is -1.17. The fourth-order valence-corrected chi connectivity index (χ4v) is 1.76. The van der Waals surface area contributed by atoms with Crippen molar-refractivity contribution in [2.24, 2.45) is 0 Å². The molecule has 0 aliphatic rings. The van der Waals surface area contributed by atoms with Crippen molar-refractivity contribution in [3.63, 3.8) is 0 Å². The summed E-state index contributed by atoms with van der Waals surface area (Å²) in [6.45, 7) is 0. The lowest BCUT2D eigenvalue weighted by Gasteiger charge is -2.10. The van der Waals surface area contributed by atoms with Gasteiger partial charge in [0.25, 0.3) is 0 Å². The second-order valence-corrected chi connectivity index (χ2v) is 3.81. The van der Waals surface area contributed by atoms with E-state index in [2.05, 4.69) is 25.7 Å². The number of hydrogen-bond acceptors (Lipinski definition) is 1. The molecule has 0 amide bonds. The van der Waals surface area contributed by atoms with Crippen molar-refractivity contribution in [3.8, 4) is 5.75 Å². The summed E-state index contributed by atoms with van der Waals surface area (Å²) < 4.78 is 40.6. The summed E-state index contributed by atoms with van der Waals surface area (Å²) in [6, 6.07) is 4.64. The lowest BCUT2D eigenvalue weighted by Crippen LogP contribution is -2.17. The summed E-state index contributed by atoms with van der Waals surface area (Å²) in [7, 11) is 0. The Morgan fingerprint density at radius 3 is 2.67 bits per heavy atom. The zero-order valence-corrected chi connectivity index (χ0v) is 8.82. The van der Waals surface area contributed by atoms with E-state index in [9.17, 15) is 13.2 Å². The van der Waals surface area contributed by atoms with Crippen molar-refractivity contribution in [1.82, 2.24) is 4.98 Å². The average molecular weight is 280 g/mol. The number of ether oxygens (including phenoxy) is 1. The predicted molar refractivity (Wildman–Crippen MR) is 52.7 cm³/mol. The van der Waals surface area contributed by atoms with Crippen LogP contribution in [0.25, 0.3) is 10.9 Å². The largest absolute Gasteiger partial charge is 0.573 e. The molecule has 2 nitrogen and oxygen atoms in total. The van der Waals surface area contributed by atoms with E-state index in [0.29, 0.717) is 15.4 Å². The van der Waals surface area contributed by atoms with Crippen LogP contribution >= 0.6 is 15.9 Å². The third-order valence-electron chi connectivity index (χ3n) is 1.81. The van der Waals surface area contributed by atoms with E-state index in [4.69, 9.17) is 0 Å². The number of hydrogen-bond donors (Lipinski definition) is 1. The molecule has 15 heavy (non-hydrogen) atoms. The van der Waals surface area contributed by atoms with Gasteiger partial charge in [-0.25, -0.2) is 0 Å². The van der Waals surface area contributed by atoms with Crippen LogP contribution in [0.3, 0.4) is 0 Å². The van der Waals surface area contributed by atoms with Gasteiger partial charge in [-0.15, -0.1) is 13.2 Å². The van der Waals surface area contributed by atoms with Crippen molar-refractivity contribution in [1.29, 1.82) is 0 Å². The zero-order valence-electron chi connectivity index (χ0n) is 7.23. The van der Waals surface area contributed by atoms with Gasteiger partial charge >= 0.3 is 6.36 Å². The number of aromatic nitrogens is 1. The summed E-state index contributed by atoms with van der Waals surface area (Å²) in [5.74, 6) is -0.239. The Labute approximate surface area is 91.2 Å². The third-order valence-corrected chi connectivity index (χ3v) is 2.27. The molecule has 2 aromatic rings. The highest BCUT2D eigenvalue weighted by Gasteiger charge is 2.32. The van der Waals surface area contributed by atoms with E-state index < -0.39 is 6.36 Å². The van der Waals surface area contributed by atoms with Crippen LogP contribution in [0.2, 0.25) is 0 Å². The van der Waals surface area contributed by atoms with Crippen molar-refractivity contribution >= 4 is 26.8 Å². The van der Waals surface area contributed by atoms with Crippen LogP contribution in [0.15, 0.2) is 28.9 Å². The highest BCUT2D eigenvalue weighted by Crippen LogP contribution is 2.32. The topological polar surface area (TPSA) is 25.0 Å². The maximum atomic E-state index is 12.1. The summed E-state index contributed by atoms with van der Waals surface area (Å²) in [4.78, 5) is 2.69. The predicted octanol–water partition coefficient (Wildman–Crippen LogP) is 3.83. The summed E-state index contributed by atoms with van der Waals surface area (Å²) in [5, 5.41) is 0.656. The molecule has 1 aromatic carbocycles. The van der Waals surface area contributed by atoms with E-state index in [-0.39, 0.29) is 5.75 Å². The molecule has 0 aliphatic carbocycles. The number of alkyl halides is 3. The number of rotatable bonds is 1. The maximum absolute atomic E-state index is 12.1. The lowest BCUT2D eigenvalue weighted by atomic mass is 10.2. The number of H-pyrrole nitrogens is 1. The first-order valence-corrected chi connectivity index (χ1v) is 4.77. The molecule has 0 atom stereocenters. The van der Waals surface area contributed by atoms with Crippen LogP contribution in [-0.2, 0) is 0 Å². The van der Waals surface area contributed by atoms with E-state index in [0.717, 1.165) is 0 Å². The minimum atomic E-state index is -4.68. The summed E-state index contributed by atoms with van der Waals surface area (Å²) in [5.41, 5.74) is 0.329. The highest BCUT2D eigenvalue weighted by molar-refractivity contribution is 9.10. The first kappa shape index (κ1) is 10.4. The second-order valence-electron chi connectivity index (χ2n) is 2.89. The van der Waals surface area contributed by atoms with Gasteiger partial charge in [-0.3, -0.25) is 0 Å². The van der Waals surface area contributed by atoms with Gasteiger partial charge in [0.1, 0.15) is 0 Å². The van der Waals surface area contributed by atoms with Gasteiger partial charge in [-0.2, -0.15) is 0 Å². The number of halogens is 4. The first-order valence-electron chi connectivity index (χ1n) is 3.98. The molecular weight excluding hydrogens is 275 g/mol. The maximum Gasteiger partial charge on any atom is 0.573 e. The van der Waals surface area contributed by atoms with E-state index in [1.54, 1.807) is 18.3 Å². The van der Waals surface area contributed by atoms with Gasteiger partial charge in [0.2, 0.25) is 0 Å². The molecule has 0 saturated carbocycles. The fourth-order valence-electron chi connectivity index (χ4n) is 1.31. The second kappa shape index (κ2) is 3.44. The van der Waals surface area contributed by atoms with E-state index >= 15 is 0 Å². The summed E-state index contributed by atoms with van der Waals surface area (Å²) >= 11 is 3.11.